The number of aryl methyl sites for hydroxylation is 1. The molecule has 3 aromatic carbocycles. The van der Waals surface area contributed by atoms with Crippen LogP contribution in [0.25, 0.3) is 21.9 Å². The van der Waals surface area contributed by atoms with E-state index in [-0.39, 0.29) is 0 Å². The van der Waals surface area contributed by atoms with Crippen molar-refractivity contribution >= 4 is 10.8 Å². The molecule has 0 saturated heterocycles. The fourth-order valence-electron chi connectivity index (χ4n) is 2.95. The predicted molar refractivity (Wildman–Crippen MR) is 97.3 cm³/mol. The second-order valence-electron chi connectivity index (χ2n) is 6.04. The first-order chi connectivity index (χ1) is 11.3. The fourth-order valence-corrected chi connectivity index (χ4v) is 2.95. The van der Waals surface area contributed by atoms with E-state index >= 15 is 0 Å². The Labute approximate surface area is 138 Å². The van der Waals surface area contributed by atoms with Gasteiger partial charge in [0.15, 0.2) is 0 Å². The maximum atomic E-state index is 8.89. The van der Waals surface area contributed by atoms with Gasteiger partial charge in [0, 0.05) is 0 Å². The molecule has 3 aromatic rings. The van der Waals surface area contributed by atoms with Crippen LogP contribution in [0.4, 0.5) is 0 Å². The average molecular weight is 299 g/mol. The van der Waals surface area contributed by atoms with E-state index in [0.29, 0.717) is 5.56 Å². The van der Waals surface area contributed by atoms with Crippen molar-refractivity contribution in [1.29, 1.82) is 5.26 Å². The van der Waals surface area contributed by atoms with E-state index in [4.69, 9.17) is 5.26 Å². The normalized spacial score (nSPS) is 10.6. The Morgan fingerprint density at radius 2 is 1.48 bits per heavy atom. The third-order valence-electron chi connectivity index (χ3n) is 4.32. The minimum atomic E-state index is 0.700. The number of nitrogens with zero attached hydrogens (tertiary/aromatic N) is 1. The highest BCUT2D eigenvalue weighted by Crippen LogP contribution is 2.26. The first kappa shape index (κ1) is 15.3. The molecule has 0 aliphatic carbocycles. The third kappa shape index (κ3) is 3.60. The predicted octanol–water partition coefficient (Wildman–Crippen LogP) is 6.11. The van der Waals surface area contributed by atoms with Crippen LogP contribution < -0.4 is 0 Å². The van der Waals surface area contributed by atoms with Crippen LogP contribution in [0.2, 0.25) is 0 Å². The molecule has 0 bridgehead atoms. The van der Waals surface area contributed by atoms with Crippen molar-refractivity contribution in [3.05, 3.63) is 71.8 Å². The number of nitriles is 1. The molecule has 0 atom stereocenters. The van der Waals surface area contributed by atoms with E-state index < -0.39 is 0 Å². The SMILES string of the molecule is CCCCCc1ccc2cc(-c3ccc(C#N)cc3)ccc2c1. The third-order valence-corrected chi connectivity index (χ3v) is 4.32. The summed E-state index contributed by atoms with van der Waals surface area (Å²) in [6.07, 6.45) is 5.00. The zero-order valence-electron chi connectivity index (χ0n) is 13.5. The Kier molecular flexibility index (Phi) is 4.74. The van der Waals surface area contributed by atoms with E-state index in [0.717, 1.165) is 5.56 Å². The number of fused-ring (bicyclic) bond motifs is 1. The van der Waals surface area contributed by atoms with Gasteiger partial charge in [-0.15, -0.1) is 0 Å². The van der Waals surface area contributed by atoms with Gasteiger partial charge in [-0.2, -0.15) is 5.26 Å². The first-order valence-electron chi connectivity index (χ1n) is 8.33. The largest absolute Gasteiger partial charge is 0.192 e. The highest BCUT2D eigenvalue weighted by molar-refractivity contribution is 5.87. The summed E-state index contributed by atoms with van der Waals surface area (Å²) in [5.41, 5.74) is 4.47. The van der Waals surface area contributed by atoms with Crippen LogP contribution in [0.5, 0.6) is 0 Å². The van der Waals surface area contributed by atoms with Gasteiger partial charge >= 0.3 is 0 Å². The molecule has 0 aliphatic rings. The summed E-state index contributed by atoms with van der Waals surface area (Å²) in [7, 11) is 0. The summed E-state index contributed by atoms with van der Waals surface area (Å²) in [5.74, 6) is 0. The van der Waals surface area contributed by atoms with Gasteiger partial charge in [-0.25, -0.2) is 0 Å². The number of benzene rings is 3. The van der Waals surface area contributed by atoms with Gasteiger partial charge in [0.2, 0.25) is 0 Å². The van der Waals surface area contributed by atoms with E-state index in [1.54, 1.807) is 0 Å². The summed E-state index contributed by atoms with van der Waals surface area (Å²) < 4.78 is 0. The number of rotatable bonds is 5. The van der Waals surface area contributed by atoms with Gasteiger partial charge in [0.1, 0.15) is 0 Å². The van der Waals surface area contributed by atoms with E-state index in [9.17, 15) is 0 Å². The van der Waals surface area contributed by atoms with Gasteiger partial charge in [-0.05, 0) is 58.5 Å². The second kappa shape index (κ2) is 7.11. The maximum absolute atomic E-state index is 8.89. The molecule has 0 N–H and O–H groups in total. The average Bonchev–Trinajstić information content (AvgIpc) is 2.61. The molecule has 0 fully saturated rings. The second-order valence-corrected chi connectivity index (χ2v) is 6.04. The van der Waals surface area contributed by atoms with Crippen LogP contribution in [0.3, 0.4) is 0 Å². The highest BCUT2D eigenvalue weighted by atomic mass is 14.2. The molecule has 1 nitrogen and oxygen atoms in total. The highest BCUT2D eigenvalue weighted by Gasteiger charge is 2.02. The molecular formula is C22H21N. The number of unbranched alkanes of at least 4 members (excludes halogenated alkanes) is 2. The lowest BCUT2D eigenvalue weighted by atomic mass is 9.98. The Balaban J connectivity index is 1.87. The fraction of sp³-hybridized carbons (Fsp3) is 0.227. The van der Waals surface area contributed by atoms with Crippen LogP contribution >= 0.6 is 0 Å². The minimum absolute atomic E-state index is 0.700. The van der Waals surface area contributed by atoms with Crippen LogP contribution in [-0.4, -0.2) is 0 Å². The Bertz CT molecular complexity index is 838. The van der Waals surface area contributed by atoms with Crippen molar-refractivity contribution in [2.45, 2.75) is 32.6 Å². The Hall–Kier alpha value is -2.59. The molecule has 0 radical (unpaired) electrons. The van der Waals surface area contributed by atoms with Crippen LogP contribution in [0, 0.1) is 11.3 Å². The monoisotopic (exact) mass is 299 g/mol. The van der Waals surface area contributed by atoms with E-state index in [1.807, 2.05) is 24.3 Å². The summed E-state index contributed by atoms with van der Waals surface area (Å²) >= 11 is 0. The molecular weight excluding hydrogens is 278 g/mol. The Morgan fingerprint density at radius 3 is 2.22 bits per heavy atom. The van der Waals surface area contributed by atoms with Crippen molar-refractivity contribution in [2.75, 3.05) is 0 Å². The zero-order chi connectivity index (χ0) is 16.1. The van der Waals surface area contributed by atoms with Gasteiger partial charge < -0.3 is 0 Å². The van der Waals surface area contributed by atoms with E-state index in [2.05, 4.69) is 49.4 Å². The van der Waals surface area contributed by atoms with Crippen molar-refractivity contribution in [1.82, 2.24) is 0 Å². The molecule has 0 amide bonds. The first-order valence-corrected chi connectivity index (χ1v) is 8.33. The summed E-state index contributed by atoms with van der Waals surface area (Å²) in [5, 5.41) is 11.5. The topological polar surface area (TPSA) is 23.8 Å². The molecule has 0 saturated carbocycles. The van der Waals surface area contributed by atoms with Gasteiger partial charge in [-0.1, -0.05) is 62.2 Å². The van der Waals surface area contributed by atoms with Crippen molar-refractivity contribution in [3.63, 3.8) is 0 Å². The lowest BCUT2D eigenvalue weighted by molar-refractivity contribution is 0.718. The van der Waals surface area contributed by atoms with Crippen LogP contribution in [-0.2, 0) is 6.42 Å². The molecule has 0 aliphatic heterocycles. The minimum Gasteiger partial charge on any atom is -0.192 e. The number of hydrogen-bond donors (Lipinski definition) is 0. The maximum Gasteiger partial charge on any atom is 0.0991 e. The molecule has 0 aromatic heterocycles. The van der Waals surface area contributed by atoms with Gasteiger partial charge in [-0.3, -0.25) is 0 Å². The van der Waals surface area contributed by atoms with Crippen LogP contribution in [0.1, 0.15) is 37.3 Å². The molecule has 0 spiro atoms. The molecule has 0 unspecified atom stereocenters. The van der Waals surface area contributed by atoms with Gasteiger partial charge in [0.25, 0.3) is 0 Å². The van der Waals surface area contributed by atoms with Crippen molar-refractivity contribution < 1.29 is 0 Å². The zero-order valence-corrected chi connectivity index (χ0v) is 13.5. The molecule has 3 rings (SSSR count). The lowest BCUT2D eigenvalue weighted by Crippen LogP contribution is -1.86. The molecule has 114 valence electrons. The number of hydrogen-bond acceptors (Lipinski definition) is 1. The molecule has 1 heteroatoms. The quantitative estimate of drug-likeness (QED) is 0.521. The Morgan fingerprint density at radius 1 is 0.783 bits per heavy atom. The summed E-state index contributed by atoms with van der Waals surface area (Å²) in [6, 6.07) is 23.3. The van der Waals surface area contributed by atoms with Crippen molar-refractivity contribution in [2.24, 2.45) is 0 Å². The molecule has 0 heterocycles. The van der Waals surface area contributed by atoms with E-state index in [1.165, 1.54) is 47.6 Å². The smallest absolute Gasteiger partial charge is 0.0991 e. The van der Waals surface area contributed by atoms with Crippen LogP contribution in [0.15, 0.2) is 60.7 Å². The molecule has 23 heavy (non-hydrogen) atoms. The standard InChI is InChI=1S/C22H21N/c1-2-3-4-5-17-6-11-22-15-21(13-12-20(22)14-17)19-9-7-18(16-23)8-10-19/h6-15H,2-5H2,1H3. The van der Waals surface area contributed by atoms with Crippen molar-refractivity contribution in [3.8, 4) is 17.2 Å². The van der Waals surface area contributed by atoms with Gasteiger partial charge in [0.05, 0.1) is 11.6 Å². The lowest BCUT2D eigenvalue weighted by Gasteiger charge is -2.07. The summed E-state index contributed by atoms with van der Waals surface area (Å²) in [4.78, 5) is 0. The summed E-state index contributed by atoms with van der Waals surface area (Å²) in [6.45, 7) is 2.24.